The van der Waals surface area contributed by atoms with Crippen LogP contribution >= 0.6 is 0 Å². The van der Waals surface area contributed by atoms with Gasteiger partial charge in [-0.3, -0.25) is 0 Å². The summed E-state index contributed by atoms with van der Waals surface area (Å²) in [5.41, 5.74) is -0.418. The van der Waals surface area contributed by atoms with Crippen molar-refractivity contribution in [3.63, 3.8) is 0 Å². The van der Waals surface area contributed by atoms with E-state index in [-0.39, 0.29) is 12.4 Å². The van der Waals surface area contributed by atoms with Gasteiger partial charge in [0, 0.05) is 12.1 Å². The Kier molecular flexibility index (Phi) is 2.94. The molecule has 0 saturated carbocycles. The second-order valence-electron chi connectivity index (χ2n) is 3.29. The maximum atomic E-state index is 13.2. The van der Waals surface area contributed by atoms with Gasteiger partial charge in [-0.25, -0.2) is 13.2 Å². The zero-order valence-electron chi connectivity index (χ0n) is 8.78. The molecule has 1 N–H and O–H groups in total. The first-order chi connectivity index (χ1) is 8.06. The van der Waals surface area contributed by atoms with Crippen molar-refractivity contribution in [3.05, 3.63) is 35.4 Å². The second kappa shape index (κ2) is 4.40. The van der Waals surface area contributed by atoms with Crippen LogP contribution in [0, 0.1) is 17.5 Å². The molecule has 0 unspecified atom stereocenters. The maximum absolute atomic E-state index is 13.2. The van der Waals surface area contributed by atoms with Gasteiger partial charge in [-0.05, 0) is 5.21 Å². The molecule has 0 aliphatic rings. The number of hydrogen-bond donors (Lipinski definition) is 1. The molecule has 5 nitrogen and oxygen atoms in total. The van der Waals surface area contributed by atoms with Gasteiger partial charge in [0.15, 0.2) is 17.5 Å². The number of aryl methyl sites for hydroxylation is 1. The van der Waals surface area contributed by atoms with Crippen molar-refractivity contribution >= 4 is 5.69 Å². The Balaban J connectivity index is 2.14. The SMILES string of the molecule is Cn1nnc(CNc2c(F)cc(F)cc2F)n1. The van der Waals surface area contributed by atoms with Gasteiger partial charge in [0.1, 0.15) is 11.5 Å². The van der Waals surface area contributed by atoms with E-state index < -0.39 is 23.1 Å². The molecular weight excluding hydrogens is 235 g/mol. The van der Waals surface area contributed by atoms with Crippen molar-refractivity contribution in [3.8, 4) is 0 Å². The summed E-state index contributed by atoms with van der Waals surface area (Å²) in [7, 11) is 1.57. The van der Waals surface area contributed by atoms with E-state index in [1.807, 2.05) is 0 Å². The summed E-state index contributed by atoms with van der Waals surface area (Å²) in [5, 5.41) is 13.4. The van der Waals surface area contributed by atoms with Crippen LogP contribution in [-0.2, 0) is 13.6 Å². The number of aromatic nitrogens is 4. The lowest BCUT2D eigenvalue weighted by Crippen LogP contribution is -2.06. The third kappa shape index (κ3) is 2.52. The van der Waals surface area contributed by atoms with Gasteiger partial charge >= 0.3 is 0 Å². The number of nitrogens with zero attached hydrogens (tertiary/aromatic N) is 4. The summed E-state index contributed by atoms with van der Waals surface area (Å²) in [5.74, 6) is -2.71. The minimum atomic E-state index is -1.01. The van der Waals surface area contributed by atoms with Crippen molar-refractivity contribution in [1.82, 2.24) is 20.2 Å². The Morgan fingerprint density at radius 2 is 1.88 bits per heavy atom. The van der Waals surface area contributed by atoms with Gasteiger partial charge in [-0.2, -0.15) is 4.80 Å². The smallest absolute Gasteiger partial charge is 0.193 e. The van der Waals surface area contributed by atoms with E-state index in [9.17, 15) is 13.2 Å². The standard InChI is InChI=1S/C9H8F3N5/c1-17-15-8(14-16-17)4-13-9-6(11)2-5(10)3-7(9)12/h2-3,13H,4H2,1H3. The van der Waals surface area contributed by atoms with Gasteiger partial charge in [0.2, 0.25) is 0 Å². The monoisotopic (exact) mass is 243 g/mol. The van der Waals surface area contributed by atoms with Crippen molar-refractivity contribution in [1.29, 1.82) is 0 Å². The van der Waals surface area contributed by atoms with Gasteiger partial charge < -0.3 is 5.32 Å². The molecule has 0 fully saturated rings. The summed E-state index contributed by atoms with van der Waals surface area (Å²) in [6.07, 6.45) is 0. The lowest BCUT2D eigenvalue weighted by atomic mass is 10.2. The largest absolute Gasteiger partial charge is 0.373 e. The van der Waals surface area contributed by atoms with E-state index in [1.54, 1.807) is 7.05 Å². The van der Waals surface area contributed by atoms with E-state index in [1.165, 1.54) is 4.80 Å². The number of benzene rings is 1. The first-order valence-electron chi connectivity index (χ1n) is 4.67. The number of rotatable bonds is 3. The molecule has 0 saturated heterocycles. The van der Waals surface area contributed by atoms with Gasteiger partial charge in [0.25, 0.3) is 0 Å². The molecule has 0 amide bonds. The van der Waals surface area contributed by atoms with Gasteiger partial charge in [-0.1, -0.05) is 0 Å². The first-order valence-corrected chi connectivity index (χ1v) is 4.67. The maximum Gasteiger partial charge on any atom is 0.193 e. The van der Waals surface area contributed by atoms with Crippen molar-refractivity contribution in [2.75, 3.05) is 5.32 Å². The van der Waals surface area contributed by atoms with Crippen molar-refractivity contribution < 1.29 is 13.2 Å². The van der Waals surface area contributed by atoms with Crippen LogP contribution in [0.25, 0.3) is 0 Å². The first kappa shape index (κ1) is 11.4. The van der Waals surface area contributed by atoms with Crippen molar-refractivity contribution in [2.24, 2.45) is 7.05 Å². The van der Waals surface area contributed by atoms with E-state index in [0.29, 0.717) is 12.1 Å². The Morgan fingerprint density at radius 1 is 1.24 bits per heavy atom. The Morgan fingerprint density at radius 3 is 2.41 bits per heavy atom. The van der Waals surface area contributed by atoms with Crippen LogP contribution in [0.2, 0.25) is 0 Å². The van der Waals surface area contributed by atoms with Crippen LogP contribution in [-0.4, -0.2) is 20.2 Å². The third-order valence-electron chi connectivity index (χ3n) is 1.98. The summed E-state index contributed by atoms with van der Waals surface area (Å²) < 4.78 is 39.1. The molecule has 0 aliphatic heterocycles. The van der Waals surface area contributed by atoms with E-state index in [0.717, 1.165) is 0 Å². The summed E-state index contributed by atoms with van der Waals surface area (Å²) >= 11 is 0. The highest BCUT2D eigenvalue weighted by atomic mass is 19.1. The highest BCUT2D eigenvalue weighted by Gasteiger charge is 2.11. The molecule has 8 heteroatoms. The molecule has 0 spiro atoms. The highest BCUT2D eigenvalue weighted by Crippen LogP contribution is 2.20. The number of nitrogens with one attached hydrogen (secondary N) is 1. The van der Waals surface area contributed by atoms with Crippen LogP contribution in [0.1, 0.15) is 5.82 Å². The minimum Gasteiger partial charge on any atom is -0.373 e. The lowest BCUT2D eigenvalue weighted by Gasteiger charge is -2.06. The normalized spacial score (nSPS) is 10.6. The minimum absolute atomic E-state index is 0.00663. The van der Waals surface area contributed by atoms with Crippen LogP contribution in [0.4, 0.5) is 18.9 Å². The van der Waals surface area contributed by atoms with E-state index in [4.69, 9.17) is 0 Å². The molecule has 17 heavy (non-hydrogen) atoms. The summed E-state index contributed by atoms with van der Waals surface area (Å²) in [6, 6.07) is 1.19. The van der Waals surface area contributed by atoms with Crippen molar-refractivity contribution in [2.45, 2.75) is 6.54 Å². The number of tetrazole rings is 1. The summed E-state index contributed by atoms with van der Waals surface area (Å²) in [6.45, 7) is -0.00663. The quantitative estimate of drug-likeness (QED) is 0.881. The van der Waals surface area contributed by atoms with Gasteiger partial charge in [0.05, 0.1) is 13.6 Å². The molecule has 1 aromatic heterocycles. The summed E-state index contributed by atoms with van der Waals surface area (Å²) in [4.78, 5) is 1.22. The van der Waals surface area contributed by atoms with Crippen LogP contribution in [0.15, 0.2) is 12.1 Å². The average molecular weight is 243 g/mol. The fourth-order valence-electron chi connectivity index (χ4n) is 1.27. The zero-order chi connectivity index (χ0) is 12.4. The molecule has 0 atom stereocenters. The molecule has 0 radical (unpaired) electrons. The Hall–Kier alpha value is -2.12. The molecule has 1 heterocycles. The Labute approximate surface area is 94.2 Å². The van der Waals surface area contributed by atoms with Crippen LogP contribution in [0.5, 0.6) is 0 Å². The lowest BCUT2D eigenvalue weighted by molar-refractivity contribution is 0.547. The van der Waals surface area contributed by atoms with Crippen LogP contribution < -0.4 is 5.32 Å². The van der Waals surface area contributed by atoms with E-state index in [2.05, 4.69) is 20.7 Å². The second-order valence-corrected chi connectivity index (χ2v) is 3.29. The number of anilines is 1. The van der Waals surface area contributed by atoms with Gasteiger partial charge in [-0.15, -0.1) is 10.2 Å². The Bertz CT molecular complexity index is 516. The molecule has 2 aromatic rings. The molecule has 2 rings (SSSR count). The number of hydrogen-bond acceptors (Lipinski definition) is 4. The average Bonchev–Trinajstić information content (AvgIpc) is 2.62. The number of halogens is 3. The molecular formula is C9H8F3N5. The fraction of sp³-hybridized carbons (Fsp3) is 0.222. The predicted molar refractivity (Wildman–Crippen MR) is 52.4 cm³/mol. The highest BCUT2D eigenvalue weighted by molar-refractivity contribution is 5.46. The zero-order valence-corrected chi connectivity index (χ0v) is 8.78. The third-order valence-corrected chi connectivity index (χ3v) is 1.98. The molecule has 0 aliphatic carbocycles. The molecule has 1 aromatic carbocycles. The molecule has 90 valence electrons. The fourth-order valence-corrected chi connectivity index (χ4v) is 1.27. The topological polar surface area (TPSA) is 55.6 Å². The predicted octanol–water partition coefficient (Wildman–Crippen LogP) is 1.24. The molecule has 0 bridgehead atoms. The van der Waals surface area contributed by atoms with E-state index >= 15 is 0 Å². The van der Waals surface area contributed by atoms with Crippen LogP contribution in [0.3, 0.4) is 0 Å².